The van der Waals surface area contributed by atoms with Crippen LogP contribution in [0.1, 0.15) is 0 Å². The summed E-state index contributed by atoms with van der Waals surface area (Å²) in [5.41, 5.74) is 1.30. The van der Waals surface area contributed by atoms with Crippen LogP contribution in [-0.4, -0.2) is 44.9 Å². The zero-order valence-electron chi connectivity index (χ0n) is 17.7. The molecule has 0 aliphatic rings. The number of fused-ring (bicyclic) bond motifs is 3. The second-order valence-corrected chi connectivity index (χ2v) is 7.08. The molecule has 33 heavy (non-hydrogen) atoms. The summed E-state index contributed by atoms with van der Waals surface area (Å²) in [6, 6.07) is 12.5. The van der Waals surface area contributed by atoms with Crippen LogP contribution in [0.4, 0.5) is 5.95 Å². The van der Waals surface area contributed by atoms with Crippen LogP contribution in [0.15, 0.2) is 58.0 Å². The summed E-state index contributed by atoms with van der Waals surface area (Å²) < 4.78 is 17.4. The Labute approximate surface area is 186 Å². The van der Waals surface area contributed by atoms with Crippen molar-refractivity contribution in [3.05, 3.63) is 59.1 Å². The summed E-state index contributed by atoms with van der Waals surface area (Å²) in [4.78, 5) is 33.9. The minimum absolute atomic E-state index is 0.0543. The van der Waals surface area contributed by atoms with Crippen molar-refractivity contribution < 1.29 is 18.7 Å². The summed E-state index contributed by atoms with van der Waals surface area (Å²) in [5, 5.41) is 10.1. The average Bonchev–Trinajstić information content (AvgIpc) is 3.45. The van der Waals surface area contributed by atoms with Gasteiger partial charge in [0.05, 0.1) is 26.1 Å². The number of amides is 1. The number of benzene rings is 2. The first-order chi connectivity index (χ1) is 16.1. The second-order valence-electron chi connectivity index (χ2n) is 7.08. The van der Waals surface area contributed by atoms with Crippen molar-refractivity contribution in [3.8, 4) is 22.9 Å². The molecule has 5 rings (SSSR count). The SMILES string of the molecule is COc1ccc(-c2nc(NC(=O)Cn3cnc4c(oc5ccccc54)c3=O)n[nH]2)c(OC)c1. The zero-order valence-corrected chi connectivity index (χ0v) is 17.7. The van der Waals surface area contributed by atoms with E-state index in [4.69, 9.17) is 13.9 Å². The van der Waals surface area contributed by atoms with E-state index in [1.54, 1.807) is 31.4 Å². The molecule has 0 spiro atoms. The van der Waals surface area contributed by atoms with E-state index in [-0.39, 0.29) is 18.1 Å². The fourth-order valence-corrected chi connectivity index (χ4v) is 3.48. The lowest BCUT2D eigenvalue weighted by atomic mass is 10.2. The van der Waals surface area contributed by atoms with E-state index in [1.165, 1.54) is 18.0 Å². The number of anilines is 1. The van der Waals surface area contributed by atoms with Gasteiger partial charge in [-0.25, -0.2) is 4.98 Å². The number of aromatic amines is 1. The third-order valence-corrected chi connectivity index (χ3v) is 5.06. The number of hydrogen-bond donors (Lipinski definition) is 2. The molecule has 11 heteroatoms. The predicted octanol–water partition coefficient (Wildman–Crippen LogP) is 2.58. The molecule has 0 saturated carbocycles. The van der Waals surface area contributed by atoms with E-state index in [1.807, 2.05) is 18.2 Å². The number of nitrogens with one attached hydrogen (secondary N) is 2. The van der Waals surface area contributed by atoms with Gasteiger partial charge >= 0.3 is 0 Å². The number of aromatic nitrogens is 5. The molecule has 1 amide bonds. The van der Waals surface area contributed by atoms with E-state index in [2.05, 4.69) is 25.5 Å². The average molecular weight is 446 g/mol. The quantitative estimate of drug-likeness (QED) is 0.406. The molecule has 0 aliphatic heterocycles. The van der Waals surface area contributed by atoms with Crippen molar-refractivity contribution in [2.75, 3.05) is 19.5 Å². The summed E-state index contributed by atoms with van der Waals surface area (Å²) in [5.74, 6) is 1.11. The van der Waals surface area contributed by atoms with E-state index in [0.717, 1.165) is 5.39 Å². The lowest BCUT2D eigenvalue weighted by molar-refractivity contribution is -0.116. The minimum Gasteiger partial charge on any atom is -0.497 e. The maximum Gasteiger partial charge on any atom is 0.297 e. The van der Waals surface area contributed by atoms with Crippen LogP contribution < -0.4 is 20.3 Å². The largest absolute Gasteiger partial charge is 0.497 e. The van der Waals surface area contributed by atoms with Gasteiger partial charge in [-0.2, -0.15) is 4.98 Å². The summed E-state index contributed by atoms with van der Waals surface area (Å²) in [6.07, 6.45) is 1.32. The van der Waals surface area contributed by atoms with Gasteiger partial charge in [-0.3, -0.25) is 24.6 Å². The van der Waals surface area contributed by atoms with E-state index >= 15 is 0 Å². The van der Waals surface area contributed by atoms with Gasteiger partial charge in [0.25, 0.3) is 5.56 Å². The number of ether oxygens (including phenoxy) is 2. The molecule has 0 radical (unpaired) electrons. The Morgan fingerprint density at radius 1 is 1.18 bits per heavy atom. The fourth-order valence-electron chi connectivity index (χ4n) is 3.48. The smallest absolute Gasteiger partial charge is 0.297 e. The highest BCUT2D eigenvalue weighted by molar-refractivity contribution is 6.01. The number of methoxy groups -OCH3 is 2. The first kappa shape index (κ1) is 20.2. The summed E-state index contributed by atoms with van der Waals surface area (Å²) in [6.45, 7) is -0.283. The lowest BCUT2D eigenvalue weighted by Crippen LogP contribution is -2.27. The van der Waals surface area contributed by atoms with Gasteiger partial charge in [0.2, 0.25) is 17.4 Å². The first-order valence-corrected chi connectivity index (χ1v) is 9.88. The molecule has 2 N–H and O–H groups in total. The number of carbonyl (C=O) groups is 1. The molecule has 2 aromatic carbocycles. The fraction of sp³-hybridized carbons (Fsp3) is 0.136. The zero-order chi connectivity index (χ0) is 22.9. The standard InChI is InChI=1S/C22H18N6O5/c1-31-12-7-8-14(16(9-12)32-2)20-25-22(27-26-20)24-17(29)10-28-11-23-18-13-5-3-4-6-15(13)33-19(18)21(28)30/h3-9,11H,10H2,1-2H3,(H2,24,25,26,27,29). The van der Waals surface area contributed by atoms with Crippen molar-refractivity contribution in [1.82, 2.24) is 24.7 Å². The second kappa shape index (κ2) is 8.11. The normalized spacial score (nSPS) is 11.1. The van der Waals surface area contributed by atoms with Crippen LogP contribution in [-0.2, 0) is 11.3 Å². The van der Waals surface area contributed by atoms with E-state index < -0.39 is 11.5 Å². The molecule has 0 atom stereocenters. The molecule has 166 valence electrons. The van der Waals surface area contributed by atoms with Crippen LogP contribution in [0.5, 0.6) is 11.5 Å². The Balaban J connectivity index is 1.36. The number of rotatable bonds is 6. The highest BCUT2D eigenvalue weighted by atomic mass is 16.5. The molecule has 0 aliphatic carbocycles. The molecule has 0 bridgehead atoms. The number of para-hydroxylation sites is 1. The molecule has 3 heterocycles. The van der Waals surface area contributed by atoms with Crippen LogP contribution in [0, 0.1) is 0 Å². The van der Waals surface area contributed by atoms with Crippen molar-refractivity contribution >= 4 is 33.9 Å². The maximum absolute atomic E-state index is 12.8. The first-order valence-electron chi connectivity index (χ1n) is 9.88. The van der Waals surface area contributed by atoms with Crippen molar-refractivity contribution in [1.29, 1.82) is 0 Å². The van der Waals surface area contributed by atoms with Gasteiger partial charge in [-0.05, 0) is 24.3 Å². The number of nitrogens with zero attached hydrogens (tertiary/aromatic N) is 4. The monoisotopic (exact) mass is 446 g/mol. The number of carbonyl (C=O) groups excluding carboxylic acids is 1. The Bertz CT molecular complexity index is 1550. The third kappa shape index (κ3) is 3.65. The van der Waals surface area contributed by atoms with Crippen LogP contribution in [0.25, 0.3) is 33.5 Å². The Kier molecular flexibility index (Phi) is 4.98. The molecule has 0 saturated heterocycles. The highest BCUT2D eigenvalue weighted by Crippen LogP contribution is 2.31. The van der Waals surface area contributed by atoms with Gasteiger partial charge in [0.15, 0.2) is 5.82 Å². The number of furan rings is 1. The van der Waals surface area contributed by atoms with Gasteiger partial charge < -0.3 is 13.9 Å². The van der Waals surface area contributed by atoms with Crippen LogP contribution in [0.3, 0.4) is 0 Å². The molecule has 5 aromatic rings. The molecule has 0 unspecified atom stereocenters. The Morgan fingerprint density at radius 2 is 2.03 bits per heavy atom. The van der Waals surface area contributed by atoms with E-state index in [0.29, 0.717) is 34.0 Å². The Hall–Kier alpha value is -4.67. The summed E-state index contributed by atoms with van der Waals surface area (Å²) >= 11 is 0. The molecule has 0 fully saturated rings. The van der Waals surface area contributed by atoms with Crippen molar-refractivity contribution in [2.45, 2.75) is 6.54 Å². The Morgan fingerprint density at radius 3 is 2.85 bits per heavy atom. The van der Waals surface area contributed by atoms with Gasteiger partial charge in [0.1, 0.15) is 29.1 Å². The molecular weight excluding hydrogens is 428 g/mol. The van der Waals surface area contributed by atoms with Crippen molar-refractivity contribution in [2.24, 2.45) is 0 Å². The van der Waals surface area contributed by atoms with Gasteiger partial charge in [-0.1, -0.05) is 12.1 Å². The minimum atomic E-state index is -0.499. The van der Waals surface area contributed by atoms with Gasteiger partial charge in [-0.15, -0.1) is 5.10 Å². The lowest BCUT2D eigenvalue weighted by Gasteiger charge is -2.07. The number of H-pyrrole nitrogens is 1. The number of hydrogen-bond acceptors (Lipinski definition) is 8. The molecular formula is C22H18N6O5. The van der Waals surface area contributed by atoms with E-state index in [9.17, 15) is 9.59 Å². The predicted molar refractivity (Wildman–Crippen MR) is 119 cm³/mol. The third-order valence-electron chi connectivity index (χ3n) is 5.06. The topological polar surface area (TPSA) is 137 Å². The van der Waals surface area contributed by atoms with Crippen molar-refractivity contribution in [3.63, 3.8) is 0 Å². The highest BCUT2D eigenvalue weighted by Gasteiger charge is 2.17. The molecule has 11 nitrogen and oxygen atoms in total. The summed E-state index contributed by atoms with van der Waals surface area (Å²) in [7, 11) is 3.09. The molecule has 3 aromatic heterocycles. The maximum atomic E-state index is 12.8. The van der Waals surface area contributed by atoms with Crippen LogP contribution >= 0.6 is 0 Å². The van der Waals surface area contributed by atoms with Crippen LogP contribution in [0.2, 0.25) is 0 Å². The van der Waals surface area contributed by atoms with Gasteiger partial charge in [0, 0.05) is 11.5 Å².